The maximum Gasteiger partial charge on any atom is 0.243 e. The van der Waals surface area contributed by atoms with Gasteiger partial charge in [-0.05, 0) is 45.9 Å². The average Bonchev–Trinajstić information content (AvgIpc) is 3.05. The molecule has 7 heteroatoms. The largest absolute Gasteiger partial charge is 0.493 e. The van der Waals surface area contributed by atoms with E-state index in [2.05, 4.69) is 28.5 Å². The number of amides is 1. The van der Waals surface area contributed by atoms with Crippen LogP contribution in [0.3, 0.4) is 0 Å². The first-order valence-corrected chi connectivity index (χ1v) is 8.82. The number of hydrogen-bond donors (Lipinski definition) is 1. The fourth-order valence-electron chi connectivity index (χ4n) is 2.29. The lowest BCUT2D eigenvalue weighted by atomic mass is 10.1. The summed E-state index contributed by atoms with van der Waals surface area (Å²) >= 11 is 1.31. The number of aryl methyl sites for hydroxylation is 2. The van der Waals surface area contributed by atoms with Crippen LogP contribution < -0.4 is 10.1 Å². The van der Waals surface area contributed by atoms with Crippen molar-refractivity contribution in [2.45, 2.75) is 33.2 Å². The molecule has 1 heterocycles. The molecule has 130 valence electrons. The second-order valence-electron chi connectivity index (χ2n) is 5.86. The zero-order valence-electron chi connectivity index (χ0n) is 14.6. The number of ether oxygens (including phenoxy) is 1. The molecule has 0 aliphatic heterocycles. The maximum absolute atomic E-state index is 12.1. The van der Waals surface area contributed by atoms with Crippen LogP contribution in [0, 0.1) is 13.8 Å². The molecule has 1 aromatic heterocycles. The molecular weight excluding hydrogens is 324 g/mol. The lowest BCUT2D eigenvalue weighted by molar-refractivity contribution is -0.120. The second-order valence-corrected chi connectivity index (χ2v) is 6.69. The average molecular weight is 348 g/mol. The summed E-state index contributed by atoms with van der Waals surface area (Å²) in [6, 6.07) is 5.93. The zero-order chi connectivity index (χ0) is 17.5. The van der Waals surface area contributed by atoms with E-state index < -0.39 is 0 Å². The second kappa shape index (κ2) is 8.75. The molecular formula is C17H24N4O2S. The normalized spacial score (nSPS) is 12.2. The molecule has 1 aromatic carbocycles. The van der Waals surface area contributed by atoms with Crippen LogP contribution in [-0.2, 0) is 4.79 Å². The Balaban J connectivity index is 1.72. The Kier molecular flexibility index (Phi) is 6.69. The fourth-order valence-corrected chi connectivity index (χ4v) is 2.74. The molecule has 24 heavy (non-hydrogen) atoms. The van der Waals surface area contributed by atoms with E-state index in [1.54, 1.807) is 5.51 Å². The summed E-state index contributed by atoms with van der Waals surface area (Å²) in [5.41, 5.74) is 3.97. The number of nitrogens with one attached hydrogen (secondary N) is 1. The van der Waals surface area contributed by atoms with Crippen molar-refractivity contribution in [2.24, 2.45) is 0 Å². The first-order valence-electron chi connectivity index (χ1n) is 7.94. The molecule has 0 aliphatic carbocycles. The van der Waals surface area contributed by atoms with E-state index in [0.29, 0.717) is 11.7 Å². The molecule has 0 bridgehead atoms. The number of anilines is 1. The topological polar surface area (TPSA) is 67.3 Å². The van der Waals surface area contributed by atoms with Crippen LogP contribution in [-0.4, -0.2) is 47.2 Å². The highest BCUT2D eigenvalue weighted by Gasteiger charge is 2.18. The quantitative estimate of drug-likeness (QED) is 0.743. The van der Waals surface area contributed by atoms with Crippen molar-refractivity contribution in [1.29, 1.82) is 0 Å². The number of nitrogens with zero attached hydrogens (tertiary/aromatic N) is 3. The van der Waals surface area contributed by atoms with Crippen molar-refractivity contribution < 1.29 is 9.53 Å². The molecule has 1 N–H and O–H groups in total. The Morgan fingerprint density at radius 2 is 2.21 bits per heavy atom. The molecule has 0 aliphatic rings. The Labute approximate surface area is 146 Å². The molecule has 0 unspecified atom stereocenters. The lowest BCUT2D eigenvalue weighted by Gasteiger charge is -2.23. The Morgan fingerprint density at radius 3 is 2.88 bits per heavy atom. The summed E-state index contributed by atoms with van der Waals surface area (Å²) < 4.78 is 5.82. The van der Waals surface area contributed by atoms with Crippen LogP contribution >= 0.6 is 11.3 Å². The summed E-state index contributed by atoms with van der Waals surface area (Å²) in [7, 11) is 1.93. The first kappa shape index (κ1) is 18.4. The van der Waals surface area contributed by atoms with Gasteiger partial charge in [0.15, 0.2) is 0 Å². The van der Waals surface area contributed by atoms with Gasteiger partial charge in [0, 0.05) is 6.54 Å². The number of rotatable bonds is 8. The van der Waals surface area contributed by atoms with Gasteiger partial charge in [-0.3, -0.25) is 15.0 Å². The predicted octanol–water partition coefficient (Wildman–Crippen LogP) is 2.88. The van der Waals surface area contributed by atoms with Gasteiger partial charge in [-0.2, -0.15) is 0 Å². The van der Waals surface area contributed by atoms with Gasteiger partial charge in [0.1, 0.15) is 11.3 Å². The molecule has 0 fully saturated rings. The van der Waals surface area contributed by atoms with Crippen molar-refractivity contribution in [3.05, 3.63) is 34.8 Å². The number of likely N-dealkylation sites (N-methyl/N-ethyl adjacent to an activating group) is 1. The van der Waals surface area contributed by atoms with E-state index in [1.165, 1.54) is 16.9 Å². The first-order chi connectivity index (χ1) is 11.5. The molecule has 0 saturated carbocycles. The summed E-state index contributed by atoms with van der Waals surface area (Å²) in [5, 5.41) is 10.8. The minimum Gasteiger partial charge on any atom is -0.493 e. The van der Waals surface area contributed by atoms with Gasteiger partial charge in [-0.1, -0.05) is 29.0 Å². The monoisotopic (exact) mass is 348 g/mol. The van der Waals surface area contributed by atoms with Crippen LogP contribution in [0.25, 0.3) is 0 Å². The molecule has 0 spiro atoms. The van der Waals surface area contributed by atoms with Gasteiger partial charge < -0.3 is 4.74 Å². The van der Waals surface area contributed by atoms with E-state index >= 15 is 0 Å². The van der Waals surface area contributed by atoms with E-state index in [9.17, 15) is 4.79 Å². The molecule has 2 aromatic rings. The SMILES string of the molecule is Cc1ccc(OCCCN(C)[C@@H](C)C(=O)Nc2nncs2)c(C)c1. The van der Waals surface area contributed by atoms with Crippen molar-refractivity contribution in [3.8, 4) is 5.75 Å². The van der Waals surface area contributed by atoms with E-state index in [4.69, 9.17) is 4.74 Å². The van der Waals surface area contributed by atoms with E-state index in [0.717, 1.165) is 24.3 Å². The molecule has 2 rings (SSSR count). The Morgan fingerprint density at radius 1 is 1.42 bits per heavy atom. The third-order valence-corrected chi connectivity index (χ3v) is 4.48. The van der Waals surface area contributed by atoms with E-state index in [-0.39, 0.29) is 11.9 Å². The minimum atomic E-state index is -0.241. The van der Waals surface area contributed by atoms with Gasteiger partial charge in [0.2, 0.25) is 11.0 Å². The minimum absolute atomic E-state index is 0.0791. The van der Waals surface area contributed by atoms with Crippen LogP contribution in [0.1, 0.15) is 24.5 Å². The van der Waals surface area contributed by atoms with Crippen LogP contribution in [0.15, 0.2) is 23.7 Å². The Bertz CT molecular complexity index is 661. The summed E-state index contributed by atoms with van der Waals surface area (Å²) in [5.74, 6) is 0.842. The fraction of sp³-hybridized carbons (Fsp3) is 0.471. The van der Waals surface area contributed by atoms with E-state index in [1.807, 2.05) is 37.9 Å². The summed E-state index contributed by atoms with van der Waals surface area (Å²) in [6.45, 7) is 7.39. The molecule has 1 atom stereocenters. The van der Waals surface area contributed by atoms with Gasteiger partial charge in [-0.15, -0.1) is 10.2 Å². The van der Waals surface area contributed by atoms with Crippen molar-refractivity contribution in [1.82, 2.24) is 15.1 Å². The van der Waals surface area contributed by atoms with Crippen LogP contribution in [0.5, 0.6) is 5.75 Å². The van der Waals surface area contributed by atoms with Crippen molar-refractivity contribution in [2.75, 3.05) is 25.5 Å². The number of carbonyl (C=O) groups is 1. The molecule has 0 saturated heterocycles. The highest BCUT2D eigenvalue weighted by atomic mass is 32.1. The van der Waals surface area contributed by atoms with Crippen molar-refractivity contribution in [3.63, 3.8) is 0 Å². The highest BCUT2D eigenvalue weighted by Crippen LogP contribution is 2.18. The maximum atomic E-state index is 12.1. The smallest absolute Gasteiger partial charge is 0.243 e. The number of carbonyl (C=O) groups excluding carboxylic acids is 1. The predicted molar refractivity (Wildman–Crippen MR) is 96.7 cm³/mol. The van der Waals surface area contributed by atoms with Gasteiger partial charge in [-0.25, -0.2) is 0 Å². The summed E-state index contributed by atoms with van der Waals surface area (Å²) in [6.07, 6.45) is 0.847. The molecule has 0 radical (unpaired) electrons. The number of benzene rings is 1. The van der Waals surface area contributed by atoms with Gasteiger partial charge in [0.05, 0.1) is 12.6 Å². The standard InChI is InChI=1S/C17H24N4O2S/c1-12-6-7-15(13(2)10-12)23-9-5-8-21(4)14(3)16(22)19-17-20-18-11-24-17/h6-7,10-11,14H,5,8-9H2,1-4H3,(H,19,20,22)/t14-/m0/s1. The third kappa shape index (κ3) is 5.28. The molecule has 6 nitrogen and oxygen atoms in total. The van der Waals surface area contributed by atoms with Gasteiger partial charge in [0.25, 0.3) is 0 Å². The van der Waals surface area contributed by atoms with Crippen LogP contribution in [0.2, 0.25) is 0 Å². The van der Waals surface area contributed by atoms with Crippen LogP contribution in [0.4, 0.5) is 5.13 Å². The third-order valence-electron chi connectivity index (χ3n) is 3.87. The highest BCUT2D eigenvalue weighted by molar-refractivity contribution is 7.13. The number of aromatic nitrogens is 2. The van der Waals surface area contributed by atoms with Crippen molar-refractivity contribution >= 4 is 22.4 Å². The zero-order valence-corrected chi connectivity index (χ0v) is 15.4. The van der Waals surface area contributed by atoms with Gasteiger partial charge >= 0.3 is 0 Å². The lowest BCUT2D eigenvalue weighted by Crippen LogP contribution is -2.40. The number of hydrogen-bond acceptors (Lipinski definition) is 6. The summed E-state index contributed by atoms with van der Waals surface area (Å²) in [4.78, 5) is 14.1. The molecule has 1 amide bonds. The Hall–Kier alpha value is -1.99.